The van der Waals surface area contributed by atoms with Gasteiger partial charge >= 0.3 is 0 Å². The Balaban J connectivity index is 2.04. The van der Waals surface area contributed by atoms with E-state index in [0.29, 0.717) is 19.8 Å². The molecule has 110 valence electrons. The van der Waals surface area contributed by atoms with Crippen LogP contribution in [0.5, 0.6) is 5.75 Å². The second-order valence-corrected chi connectivity index (χ2v) is 5.03. The van der Waals surface area contributed by atoms with Crippen molar-refractivity contribution in [2.24, 2.45) is 11.7 Å². The van der Waals surface area contributed by atoms with Gasteiger partial charge < -0.3 is 20.5 Å². The first-order valence-electron chi connectivity index (χ1n) is 7.02. The fourth-order valence-electron chi connectivity index (χ4n) is 2.36. The molecule has 1 aromatic rings. The minimum Gasteiger partial charge on any atom is -0.494 e. The smallest absolute Gasteiger partial charge is 0.229 e. The monoisotopic (exact) mass is 278 g/mol. The number of anilines is 1. The van der Waals surface area contributed by atoms with E-state index in [-0.39, 0.29) is 17.9 Å². The van der Waals surface area contributed by atoms with Crippen LogP contribution in [0.25, 0.3) is 0 Å². The highest BCUT2D eigenvalue weighted by atomic mass is 16.5. The maximum atomic E-state index is 12.1. The summed E-state index contributed by atoms with van der Waals surface area (Å²) in [7, 11) is 0. The molecular formula is C15H22N2O3. The topological polar surface area (TPSA) is 73.6 Å². The van der Waals surface area contributed by atoms with Crippen molar-refractivity contribution >= 4 is 11.6 Å². The van der Waals surface area contributed by atoms with E-state index in [0.717, 1.165) is 23.4 Å². The SMILES string of the molecule is CCOc1ccc(NC(=O)C2COC(C)C2)cc1CN. The molecule has 0 radical (unpaired) electrons. The molecule has 5 heteroatoms. The lowest BCUT2D eigenvalue weighted by atomic mass is 10.1. The summed E-state index contributed by atoms with van der Waals surface area (Å²) in [6, 6.07) is 5.54. The van der Waals surface area contributed by atoms with Gasteiger partial charge in [-0.05, 0) is 38.5 Å². The number of hydrogen-bond donors (Lipinski definition) is 2. The Morgan fingerprint density at radius 2 is 2.35 bits per heavy atom. The van der Waals surface area contributed by atoms with E-state index < -0.39 is 0 Å². The molecule has 0 bridgehead atoms. The van der Waals surface area contributed by atoms with Crippen LogP contribution in [0.15, 0.2) is 18.2 Å². The Hall–Kier alpha value is -1.59. The molecule has 0 aliphatic carbocycles. The third-order valence-electron chi connectivity index (χ3n) is 3.42. The highest BCUT2D eigenvalue weighted by Crippen LogP contribution is 2.25. The molecule has 3 N–H and O–H groups in total. The zero-order valence-electron chi connectivity index (χ0n) is 12.0. The van der Waals surface area contributed by atoms with Crippen LogP contribution in [0.1, 0.15) is 25.8 Å². The van der Waals surface area contributed by atoms with E-state index in [2.05, 4.69) is 5.32 Å². The molecule has 1 aliphatic rings. The third-order valence-corrected chi connectivity index (χ3v) is 3.42. The molecule has 5 nitrogen and oxygen atoms in total. The molecule has 1 aromatic carbocycles. The predicted octanol–water partition coefficient (Wildman–Crippen LogP) is 1.91. The van der Waals surface area contributed by atoms with Gasteiger partial charge in [-0.25, -0.2) is 0 Å². The van der Waals surface area contributed by atoms with Gasteiger partial charge in [-0.2, -0.15) is 0 Å². The summed E-state index contributed by atoms with van der Waals surface area (Å²) in [5, 5.41) is 2.92. The first-order valence-corrected chi connectivity index (χ1v) is 7.02. The lowest BCUT2D eigenvalue weighted by Crippen LogP contribution is -2.23. The van der Waals surface area contributed by atoms with Gasteiger partial charge in [0.25, 0.3) is 0 Å². The molecule has 1 saturated heterocycles. The number of amides is 1. The van der Waals surface area contributed by atoms with Gasteiger partial charge in [0.1, 0.15) is 5.75 Å². The highest BCUT2D eigenvalue weighted by molar-refractivity contribution is 5.93. The largest absolute Gasteiger partial charge is 0.494 e. The summed E-state index contributed by atoms with van der Waals surface area (Å²) in [5.74, 6) is 0.699. The van der Waals surface area contributed by atoms with Crippen LogP contribution in [0.4, 0.5) is 5.69 Å². The lowest BCUT2D eigenvalue weighted by molar-refractivity contribution is -0.119. The third kappa shape index (κ3) is 3.49. The van der Waals surface area contributed by atoms with E-state index in [9.17, 15) is 4.79 Å². The second kappa shape index (κ2) is 6.72. The number of nitrogens with two attached hydrogens (primary N) is 1. The van der Waals surface area contributed by atoms with Crippen LogP contribution in [0.2, 0.25) is 0 Å². The Morgan fingerprint density at radius 3 is 2.95 bits per heavy atom. The average Bonchev–Trinajstić information content (AvgIpc) is 2.87. The van der Waals surface area contributed by atoms with E-state index in [1.54, 1.807) is 0 Å². The van der Waals surface area contributed by atoms with E-state index >= 15 is 0 Å². The zero-order valence-corrected chi connectivity index (χ0v) is 12.0. The zero-order chi connectivity index (χ0) is 14.5. The Bertz CT molecular complexity index is 476. The van der Waals surface area contributed by atoms with E-state index in [4.69, 9.17) is 15.2 Å². The molecule has 2 unspecified atom stereocenters. The fraction of sp³-hybridized carbons (Fsp3) is 0.533. The van der Waals surface area contributed by atoms with Crippen molar-refractivity contribution in [3.63, 3.8) is 0 Å². The molecule has 0 spiro atoms. The number of carbonyl (C=O) groups is 1. The van der Waals surface area contributed by atoms with Crippen LogP contribution >= 0.6 is 0 Å². The van der Waals surface area contributed by atoms with Gasteiger partial charge in [0.05, 0.1) is 25.2 Å². The van der Waals surface area contributed by atoms with Crippen LogP contribution in [-0.2, 0) is 16.1 Å². The molecule has 0 aromatic heterocycles. The molecule has 0 saturated carbocycles. The van der Waals surface area contributed by atoms with E-state index in [1.807, 2.05) is 32.0 Å². The Morgan fingerprint density at radius 1 is 1.55 bits per heavy atom. The van der Waals surface area contributed by atoms with Gasteiger partial charge in [-0.15, -0.1) is 0 Å². The van der Waals surface area contributed by atoms with Crippen molar-refractivity contribution in [3.05, 3.63) is 23.8 Å². The van der Waals surface area contributed by atoms with Crippen LogP contribution < -0.4 is 15.8 Å². The van der Waals surface area contributed by atoms with Crippen LogP contribution in [-0.4, -0.2) is 25.2 Å². The second-order valence-electron chi connectivity index (χ2n) is 5.03. The van der Waals surface area contributed by atoms with Gasteiger partial charge in [-0.1, -0.05) is 0 Å². The normalized spacial score (nSPS) is 21.8. The van der Waals surface area contributed by atoms with Crippen LogP contribution in [0, 0.1) is 5.92 Å². The fourth-order valence-corrected chi connectivity index (χ4v) is 2.36. The van der Waals surface area contributed by atoms with Crippen molar-refractivity contribution in [2.75, 3.05) is 18.5 Å². The highest BCUT2D eigenvalue weighted by Gasteiger charge is 2.28. The van der Waals surface area contributed by atoms with Crippen LogP contribution in [0.3, 0.4) is 0 Å². The molecule has 1 fully saturated rings. The van der Waals surface area contributed by atoms with Gasteiger partial charge in [0.2, 0.25) is 5.91 Å². The molecule has 1 aliphatic heterocycles. The summed E-state index contributed by atoms with van der Waals surface area (Å²) in [6.45, 7) is 5.38. The van der Waals surface area contributed by atoms with Crippen molar-refractivity contribution in [1.82, 2.24) is 0 Å². The number of ether oxygens (including phenoxy) is 2. The lowest BCUT2D eigenvalue weighted by Gasteiger charge is -2.13. The summed E-state index contributed by atoms with van der Waals surface area (Å²) in [5.41, 5.74) is 7.35. The maximum Gasteiger partial charge on any atom is 0.229 e. The minimum absolute atomic E-state index is 0.00137. The quantitative estimate of drug-likeness (QED) is 0.863. The molecular weight excluding hydrogens is 256 g/mol. The predicted molar refractivity (Wildman–Crippen MR) is 77.7 cm³/mol. The molecule has 20 heavy (non-hydrogen) atoms. The molecule has 2 rings (SSSR count). The van der Waals surface area contributed by atoms with Crippen molar-refractivity contribution in [2.45, 2.75) is 32.9 Å². The Labute approximate surface area is 119 Å². The standard InChI is InChI=1S/C15H22N2O3/c1-3-19-14-5-4-13(7-11(14)8-16)17-15(18)12-6-10(2)20-9-12/h4-5,7,10,12H,3,6,8-9,16H2,1-2H3,(H,17,18). The number of hydrogen-bond acceptors (Lipinski definition) is 4. The summed E-state index contributed by atoms with van der Waals surface area (Å²) < 4.78 is 10.9. The number of benzene rings is 1. The molecule has 2 atom stereocenters. The molecule has 1 amide bonds. The first-order chi connectivity index (χ1) is 9.63. The number of nitrogens with one attached hydrogen (secondary N) is 1. The first kappa shape index (κ1) is 14.8. The number of rotatable bonds is 5. The van der Waals surface area contributed by atoms with Gasteiger partial charge in [0.15, 0.2) is 0 Å². The summed E-state index contributed by atoms with van der Waals surface area (Å²) >= 11 is 0. The molecule has 1 heterocycles. The Kier molecular flexibility index (Phi) is 4.98. The maximum absolute atomic E-state index is 12.1. The summed E-state index contributed by atoms with van der Waals surface area (Å²) in [6.07, 6.45) is 0.928. The minimum atomic E-state index is -0.0714. The summed E-state index contributed by atoms with van der Waals surface area (Å²) in [4.78, 5) is 12.1. The van der Waals surface area contributed by atoms with Gasteiger partial charge in [0, 0.05) is 17.8 Å². The van der Waals surface area contributed by atoms with Gasteiger partial charge in [-0.3, -0.25) is 4.79 Å². The van der Waals surface area contributed by atoms with Crippen molar-refractivity contribution in [1.29, 1.82) is 0 Å². The average molecular weight is 278 g/mol. The van der Waals surface area contributed by atoms with Crippen molar-refractivity contribution < 1.29 is 14.3 Å². The van der Waals surface area contributed by atoms with Crippen molar-refractivity contribution in [3.8, 4) is 5.75 Å². The number of carbonyl (C=O) groups excluding carboxylic acids is 1. The van der Waals surface area contributed by atoms with E-state index in [1.165, 1.54) is 0 Å².